The zero-order chi connectivity index (χ0) is 21.7. The minimum absolute atomic E-state index is 0.0490. The van der Waals surface area contributed by atoms with E-state index in [2.05, 4.69) is 11.2 Å². The molecule has 162 valence electrons. The molecular weight excluding hydrogens is 380 g/mol. The van der Waals surface area contributed by atoms with Gasteiger partial charge in [-0.1, -0.05) is 17.3 Å². The first-order valence-corrected chi connectivity index (χ1v) is 10.7. The molecule has 0 aromatic carbocycles. The number of aromatic nitrogens is 1. The van der Waals surface area contributed by atoms with E-state index in [4.69, 9.17) is 9.82 Å². The number of amides is 2. The molecule has 3 heterocycles. The summed E-state index contributed by atoms with van der Waals surface area (Å²) in [6.45, 7) is 9.99. The van der Waals surface area contributed by atoms with Crippen LogP contribution in [0.25, 0.3) is 0 Å². The van der Waals surface area contributed by atoms with Gasteiger partial charge in [-0.2, -0.15) is 0 Å². The van der Waals surface area contributed by atoms with Crippen molar-refractivity contribution in [1.29, 1.82) is 0 Å². The van der Waals surface area contributed by atoms with Crippen LogP contribution >= 0.6 is 0 Å². The molecule has 1 atom stereocenters. The maximum atomic E-state index is 13.1. The molecule has 2 aliphatic rings. The van der Waals surface area contributed by atoms with Crippen molar-refractivity contribution >= 4 is 17.5 Å². The van der Waals surface area contributed by atoms with Crippen LogP contribution in [0.15, 0.2) is 29.4 Å². The van der Waals surface area contributed by atoms with Crippen LogP contribution in [0.5, 0.6) is 0 Å². The van der Waals surface area contributed by atoms with Gasteiger partial charge in [-0.15, -0.1) is 0 Å². The van der Waals surface area contributed by atoms with Crippen molar-refractivity contribution in [3.63, 3.8) is 0 Å². The van der Waals surface area contributed by atoms with Gasteiger partial charge in [-0.05, 0) is 59.1 Å². The first-order valence-electron chi connectivity index (χ1n) is 10.7. The van der Waals surface area contributed by atoms with Gasteiger partial charge in [0.05, 0.1) is 17.0 Å². The maximum absolute atomic E-state index is 13.1. The van der Waals surface area contributed by atoms with E-state index in [0.717, 1.165) is 42.9 Å². The molecular formula is C23H32N4O3. The molecule has 3 rings (SSSR count). The average molecular weight is 413 g/mol. The van der Waals surface area contributed by atoms with Crippen LogP contribution in [0, 0.1) is 6.92 Å². The van der Waals surface area contributed by atoms with Crippen LogP contribution in [-0.4, -0.2) is 64.6 Å². The third-order valence-electron chi connectivity index (χ3n) is 5.57. The fourth-order valence-corrected chi connectivity index (χ4v) is 3.92. The number of likely N-dealkylation sites (tertiary alicyclic amines) is 1. The van der Waals surface area contributed by atoms with Gasteiger partial charge in [0.1, 0.15) is 0 Å². The van der Waals surface area contributed by atoms with Gasteiger partial charge in [0.25, 0.3) is 11.8 Å². The smallest absolute Gasteiger partial charge is 0.266 e. The Morgan fingerprint density at radius 3 is 2.50 bits per heavy atom. The summed E-state index contributed by atoms with van der Waals surface area (Å²) in [4.78, 5) is 39.5. The number of nitrogens with zero attached hydrogens (tertiary/aromatic N) is 4. The van der Waals surface area contributed by atoms with Gasteiger partial charge in [0.15, 0.2) is 0 Å². The summed E-state index contributed by atoms with van der Waals surface area (Å²) in [6, 6.07) is 3.82. The normalized spacial score (nSPS) is 18.1. The number of carbonyl (C=O) groups excluding carboxylic acids is 2. The van der Waals surface area contributed by atoms with Gasteiger partial charge in [-0.25, -0.2) is 0 Å². The lowest BCUT2D eigenvalue weighted by Crippen LogP contribution is -2.43. The van der Waals surface area contributed by atoms with Crippen molar-refractivity contribution in [2.75, 3.05) is 26.2 Å². The number of aryl methyl sites for hydroxylation is 1. The Bertz CT molecular complexity index is 837. The summed E-state index contributed by atoms with van der Waals surface area (Å²) >= 11 is 0. The Labute approximate surface area is 178 Å². The summed E-state index contributed by atoms with van der Waals surface area (Å²) in [5.41, 5.74) is 3.26. The van der Waals surface area contributed by atoms with Crippen molar-refractivity contribution in [1.82, 2.24) is 14.8 Å². The Kier molecular flexibility index (Phi) is 7.24. The lowest BCUT2D eigenvalue weighted by Gasteiger charge is -2.34. The summed E-state index contributed by atoms with van der Waals surface area (Å²) in [5.74, 6) is 0.169. The summed E-state index contributed by atoms with van der Waals surface area (Å²) < 4.78 is 0. The third-order valence-corrected chi connectivity index (χ3v) is 5.57. The van der Waals surface area contributed by atoms with Crippen LogP contribution in [0.2, 0.25) is 0 Å². The summed E-state index contributed by atoms with van der Waals surface area (Å²) in [6.07, 6.45) is 6.01. The Balaban J connectivity index is 1.68. The van der Waals surface area contributed by atoms with Gasteiger partial charge >= 0.3 is 0 Å². The van der Waals surface area contributed by atoms with Gasteiger partial charge < -0.3 is 14.6 Å². The maximum Gasteiger partial charge on any atom is 0.266 e. The molecule has 0 N–H and O–H groups in total. The van der Waals surface area contributed by atoms with E-state index in [1.165, 1.54) is 0 Å². The molecule has 0 bridgehead atoms. The molecule has 0 saturated carbocycles. The number of oxime groups is 1. The van der Waals surface area contributed by atoms with Crippen molar-refractivity contribution < 1.29 is 14.4 Å². The van der Waals surface area contributed by atoms with Crippen molar-refractivity contribution in [2.45, 2.75) is 59.0 Å². The van der Waals surface area contributed by atoms with E-state index >= 15 is 0 Å². The van der Waals surface area contributed by atoms with Crippen LogP contribution in [0.3, 0.4) is 0 Å². The number of carbonyl (C=O) groups is 2. The van der Waals surface area contributed by atoms with Crippen LogP contribution in [0.4, 0.5) is 0 Å². The predicted octanol–water partition coefficient (Wildman–Crippen LogP) is 3.30. The zero-order valence-corrected chi connectivity index (χ0v) is 18.4. The Morgan fingerprint density at radius 1 is 1.13 bits per heavy atom. The predicted molar refractivity (Wildman–Crippen MR) is 117 cm³/mol. The molecule has 1 aromatic heterocycles. The van der Waals surface area contributed by atoms with Gasteiger partial charge in [0, 0.05) is 37.8 Å². The number of rotatable bonds is 5. The van der Waals surface area contributed by atoms with Crippen LogP contribution in [0.1, 0.15) is 67.7 Å². The minimum atomic E-state index is -0.599. The first-order chi connectivity index (χ1) is 14.4. The summed E-state index contributed by atoms with van der Waals surface area (Å²) in [7, 11) is 0. The zero-order valence-electron chi connectivity index (χ0n) is 18.4. The van der Waals surface area contributed by atoms with Gasteiger partial charge in [-0.3, -0.25) is 14.6 Å². The quantitative estimate of drug-likeness (QED) is 0.422. The van der Waals surface area contributed by atoms with Crippen molar-refractivity contribution in [2.24, 2.45) is 5.16 Å². The van der Waals surface area contributed by atoms with Crippen molar-refractivity contribution in [3.05, 3.63) is 41.2 Å². The highest BCUT2D eigenvalue weighted by Gasteiger charge is 2.31. The molecule has 30 heavy (non-hydrogen) atoms. The Hall–Kier alpha value is -2.70. The molecule has 7 heteroatoms. The topological polar surface area (TPSA) is 75.1 Å². The molecule has 0 radical (unpaired) electrons. The monoisotopic (exact) mass is 412 g/mol. The molecule has 1 unspecified atom stereocenters. The molecule has 1 saturated heterocycles. The Morgan fingerprint density at radius 2 is 1.87 bits per heavy atom. The number of pyridine rings is 1. The minimum Gasteiger partial charge on any atom is -0.383 e. The van der Waals surface area contributed by atoms with E-state index in [1.807, 2.05) is 48.8 Å². The number of hydrogen-bond donors (Lipinski definition) is 0. The second kappa shape index (κ2) is 9.87. The lowest BCUT2D eigenvalue weighted by atomic mass is 9.89. The number of piperidine rings is 1. The van der Waals surface area contributed by atoms with Gasteiger partial charge in [0.2, 0.25) is 6.10 Å². The van der Waals surface area contributed by atoms with E-state index in [-0.39, 0.29) is 17.7 Å². The van der Waals surface area contributed by atoms with E-state index < -0.39 is 6.10 Å². The fraction of sp³-hybridized carbons (Fsp3) is 0.565. The highest BCUT2D eigenvalue weighted by Crippen LogP contribution is 2.30. The second-order valence-electron chi connectivity index (χ2n) is 8.28. The molecule has 7 nitrogen and oxygen atoms in total. The highest BCUT2D eigenvalue weighted by molar-refractivity contribution is 5.95. The molecule has 2 amide bonds. The first kappa shape index (κ1) is 22.0. The van der Waals surface area contributed by atoms with E-state index in [0.29, 0.717) is 25.2 Å². The molecule has 2 aliphatic heterocycles. The largest absolute Gasteiger partial charge is 0.383 e. The number of hydrogen-bond acceptors (Lipinski definition) is 5. The summed E-state index contributed by atoms with van der Waals surface area (Å²) in [5, 5.41) is 3.90. The molecule has 0 aliphatic carbocycles. The molecule has 1 aromatic rings. The molecule has 1 fully saturated rings. The fourth-order valence-electron chi connectivity index (χ4n) is 3.92. The van der Waals surface area contributed by atoms with E-state index in [9.17, 15) is 9.59 Å². The van der Waals surface area contributed by atoms with E-state index in [1.54, 1.807) is 6.92 Å². The van der Waals surface area contributed by atoms with Crippen molar-refractivity contribution in [3.8, 4) is 0 Å². The second-order valence-corrected chi connectivity index (χ2v) is 8.28. The SMILES string of the molecule is CC(C)=NOC(C)C(=O)N1CCC(c2nc(C)ccc2C(=O)N2CC=CCC2)CC1. The molecule has 0 spiro atoms. The standard InChI is InChI=1S/C23H32N4O3/c1-16(2)25-30-18(4)22(28)27-14-10-19(11-15-27)21-20(9-8-17(3)24-21)23(29)26-12-6-5-7-13-26/h5-6,8-9,18-19H,7,10-15H2,1-4H3. The third kappa shape index (κ3) is 5.26. The average Bonchev–Trinajstić information content (AvgIpc) is 2.77. The van der Waals surface area contributed by atoms with Crippen LogP contribution < -0.4 is 0 Å². The lowest BCUT2D eigenvalue weighted by molar-refractivity contribution is -0.143. The van der Waals surface area contributed by atoms with Crippen LogP contribution in [-0.2, 0) is 9.63 Å². The highest BCUT2D eigenvalue weighted by atomic mass is 16.6.